The summed E-state index contributed by atoms with van der Waals surface area (Å²) in [6.45, 7) is 11.7. The van der Waals surface area contributed by atoms with E-state index in [1.807, 2.05) is 32.9 Å². The molecule has 0 unspecified atom stereocenters. The van der Waals surface area contributed by atoms with E-state index in [2.05, 4.69) is 25.1 Å². The van der Waals surface area contributed by atoms with Crippen LogP contribution in [0.4, 0.5) is 25.2 Å². The van der Waals surface area contributed by atoms with Gasteiger partial charge in [-0.2, -0.15) is 0 Å². The van der Waals surface area contributed by atoms with Gasteiger partial charge in [0.05, 0.1) is 0 Å². The summed E-state index contributed by atoms with van der Waals surface area (Å²) < 4.78 is 32.3. The van der Waals surface area contributed by atoms with E-state index in [1.54, 1.807) is 35.5 Å². The number of anilines is 2. The number of nitrogens with one attached hydrogen (secondary N) is 1. The first-order valence-corrected chi connectivity index (χ1v) is 13.9. The maximum atomic E-state index is 13.6. The number of hydrogen-bond donors (Lipinski definition) is 1. The predicted octanol–water partition coefficient (Wildman–Crippen LogP) is 5.21. The maximum Gasteiger partial charge on any atom is 0.410 e. The number of halogens is 2. The van der Waals surface area contributed by atoms with Crippen LogP contribution in [0.25, 0.3) is 21.5 Å². The number of pyridine rings is 2. The number of carbonyl (C=O) groups is 1. The first-order valence-electron chi connectivity index (χ1n) is 13.9. The average molecular weight is 563 g/mol. The minimum Gasteiger partial charge on any atom is -0.444 e. The molecular formula is C31H36F2N6O2. The minimum atomic E-state index is -0.497. The van der Waals surface area contributed by atoms with Crippen molar-refractivity contribution < 1.29 is 18.3 Å². The Bertz CT molecular complexity index is 1510. The molecule has 2 aliphatic heterocycles. The van der Waals surface area contributed by atoms with Gasteiger partial charge in [-0.15, -0.1) is 0 Å². The normalized spacial score (nSPS) is 16.0. The van der Waals surface area contributed by atoms with Crippen LogP contribution in [-0.4, -0.2) is 78.9 Å². The fraction of sp³-hybridized carbons (Fsp3) is 0.387. The smallest absolute Gasteiger partial charge is 0.410 e. The lowest BCUT2D eigenvalue weighted by atomic mass is 10.1. The van der Waals surface area contributed by atoms with Crippen molar-refractivity contribution >= 4 is 39.3 Å². The van der Waals surface area contributed by atoms with Crippen molar-refractivity contribution in [2.24, 2.45) is 0 Å². The molecule has 2 aliphatic rings. The molecule has 1 amide bonds. The highest BCUT2D eigenvalue weighted by Crippen LogP contribution is 2.27. The zero-order chi connectivity index (χ0) is 29.0. The first kappa shape index (κ1) is 28.5. The van der Waals surface area contributed by atoms with E-state index >= 15 is 0 Å². The van der Waals surface area contributed by atoms with Crippen molar-refractivity contribution in [3.05, 3.63) is 72.6 Å². The number of nitrogens with zero attached hydrogens (tertiary/aromatic N) is 5. The number of ether oxygens (including phenoxy) is 1. The van der Waals surface area contributed by atoms with E-state index in [9.17, 15) is 13.6 Å². The summed E-state index contributed by atoms with van der Waals surface area (Å²) in [6.07, 6.45) is 3.23. The molecule has 10 heteroatoms. The molecule has 2 aromatic heterocycles. The molecule has 0 bridgehead atoms. The summed E-state index contributed by atoms with van der Waals surface area (Å²) in [4.78, 5) is 27.0. The fourth-order valence-electron chi connectivity index (χ4n) is 5.06. The van der Waals surface area contributed by atoms with Gasteiger partial charge < -0.3 is 24.8 Å². The molecule has 4 heterocycles. The number of amides is 1. The number of benzene rings is 2. The molecular weight excluding hydrogens is 526 g/mol. The van der Waals surface area contributed by atoms with Gasteiger partial charge in [-0.25, -0.2) is 23.5 Å². The molecule has 4 aromatic rings. The number of carbonyl (C=O) groups excluding carboxylic acids is 1. The van der Waals surface area contributed by atoms with Gasteiger partial charge in [0.15, 0.2) is 0 Å². The second-order valence-electron chi connectivity index (χ2n) is 11.2. The Morgan fingerprint density at radius 1 is 0.756 bits per heavy atom. The van der Waals surface area contributed by atoms with E-state index in [1.165, 1.54) is 18.2 Å². The molecule has 1 N–H and O–H groups in total. The van der Waals surface area contributed by atoms with Gasteiger partial charge in [-0.3, -0.25) is 0 Å². The molecule has 0 spiro atoms. The SMILES string of the molecule is CC(C)(C)OC(=O)N1CCN(c2nccc3ccc(F)cc23)CC1.Fc1ccc2ccnc(N3CCNCC3)c2c1. The van der Waals surface area contributed by atoms with Crippen molar-refractivity contribution in [1.82, 2.24) is 20.2 Å². The van der Waals surface area contributed by atoms with Crippen LogP contribution in [0.2, 0.25) is 0 Å². The maximum absolute atomic E-state index is 13.6. The number of fused-ring (bicyclic) bond motifs is 2. The lowest BCUT2D eigenvalue weighted by molar-refractivity contribution is 0.0240. The van der Waals surface area contributed by atoms with E-state index < -0.39 is 5.60 Å². The fourth-order valence-corrected chi connectivity index (χ4v) is 5.06. The minimum absolute atomic E-state index is 0.207. The van der Waals surface area contributed by atoms with Crippen LogP contribution in [0.15, 0.2) is 60.9 Å². The van der Waals surface area contributed by atoms with E-state index in [0.717, 1.165) is 59.4 Å². The van der Waals surface area contributed by atoms with Crippen LogP contribution >= 0.6 is 0 Å². The number of hydrogen-bond acceptors (Lipinski definition) is 7. The van der Waals surface area contributed by atoms with Gasteiger partial charge in [0.25, 0.3) is 0 Å². The third kappa shape index (κ3) is 7.00. The van der Waals surface area contributed by atoms with Gasteiger partial charge in [0.2, 0.25) is 0 Å². The zero-order valence-corrected chi connectivity index (χ0v) is 23.7. The van der Waals surface area contributed by atoms with Crippen LogP contribution in [-0.2, 0) is 4.74 Å². The second-order valence-corrected chi connectivity index (χ2v) is 11.2. The van der Waals surface area contributed by atoms with Crippen LogP contribution in [0.5, 0.6) is 0 Å². The number of piperazine rings is 2. The standard InChI is InChI=1S/C18H22FN3O2.C13H14FN3/c1-18(2,3)24-17(23)22-10-8-21(9-11-22)16-15-12-14(19)5-4-13(15)6-7-20-16;14-11-2-1-10-3-4-16-13(12(10)9-11)17-7-5-15-6-8-17/h4-7,12H,8-11H2,1-3H3;1-4,9,15H,5-8H2. The van der Waals surface area contributed by atoms with Crippen LogP contribution < -0.4 is 15.1 Å². The van der Waals surface area contributed by atoms with Crippen LogP contribution in [0.1, 0.15) is 20.8 Å². The molecule has 0 radical (unpaired) electrons. The molecule has 2 saturated heterocycles. The second kappa shape index (κ2) is 12.2. The molecule has 2 fully saturated rings. The Hall–Kier alpha value is -4.05. The first-order chi connectivity index (χ1) is 19.7. The monoisotopic (exact) mass is 562 g/mol. The Labute approximate surface area is 238 Å². The number of rotatable bonds is 2. The molecule has 41 heavy (non-hydrogen) atoms. The number of aromatic nitrogens is 2. The highest BCUT2D eigenvalue weighted by molar-refractivity contribution is 5.93. The summed E-state index contributed by atoms with van der Waals surface area (Å²) in [5.74, 6) is 1.17. The molecule has 6 rings (SSSR count). The summed E-state index contributed by atoms with van der Waals surface area (Å²) in [7, 11) is 0. The van der Waals surface area contributed by atoms with Gasteiger partial charge in [-0.05, 0) is 67.9 Å². The third-order valence-corrected chi connectivity index (χ3v) is 7.06. The van der Waals surface area contributed by atoms with Crippen molar-refractivity contribution in [1.29, 1.82) is 0 Å². The molecule has 2 aromatic carbocycles. The van der Waals surface area contributed by atoms with Gasteiger partial charge in [-0.1, -0.05) is 12.1 Å². The third-order valence-electron chi connectivity index (χ3n) is 7.06. The predicted molar refractivity (Wildman–Crippen MR) is 159 cm³/mol. The topological polar surface area (TPSA) is 73.8 Å². The average Bonchev–Trinajstić information content (AvgIpc) is 2.96. The lowest BCUT2D eigenvalue weighted by Crippen LogP contribution is -2.50. The highest BCUT2D eigenvalue weighted by Gasteiger charge is 2.27. The Balaban J connectivity index is 0.000000174. The highest BCUT2D eigenvalue weighted by atomic mass is 19.1. The summed E-state index contributed by atoms with van der Waals surface area (Å²) in [6, 6.07) is 13.4. The quantitative estimate of drug-likeness (QED) is 0.359. The molecule has 0 aliphatic carbocycles. The summed E-state index contributed by atoms with van der Waals surface area (Å²) >= 11 is 0. The van der Waals surface area contributed by atoms with Crippen molar-refractivity contribution in [2.75, 3.05) is 62.2 Å². The molecule has 0 saturated carbocycles. The van der Waals surface area contributed by atoms with Crippen molar-refractivity contribution in [3.8, 4) is 0 Å². The summed E-state index contributed by atoms with van der Waals surface area (Å²) in [5, 5.41) is 6.98. The Morgan fingerprint density at radius 3 is 1.73 bits per heavy atom. The van der Waals surface area contributed by atoms with Crippen molar-refractivity contribution in [3.63, 3.8) is 0 Å². The Kier molecular flexibility index (Phi) is 8.49. The van der Waals surface area contributed by atoms with E-state index in [0.29, 0.717) is 26.2 Å². The largest absolute Gasteiger partial charge is 0.444 e. The van der Waals surface area contributed by atoms with Crippen LogP contribution in [0.3, 0.4) is 0 Å². The summed E-state index contributed by atoms with van der Waals surface area (Å²) in [5.41, 5.74) is -0.497. The van der Waals surface area contributed by atoms with Gasteiger partial charge in [0, 0.05) is 75.5 Å². The van der Waals surface area contributed by atoms with Crippen molar-refractivity contribution in [2.45, 2.75) is 26.4 Å². The molecule has 0 atom stereocenters. The van der Waals surface area contributed by atoms with Crippen LogP contribution in [0, 0.1) is 11.6 Å². The van der Waals surface area contributed by atoms with Gasteiger partial charge in [0.1, 0.15) is 28.9 Å². The van der Waals surface area contributed by atoms with E-state index in [-0.39, 0.29) is 17.7 Å². The Morgan fingerprint density at radius 2 is 1.24 bits per heavy atom. The molecule has 8 nitrogen and oxygen atoms in total. The zero-order valence-electron chi connectivity index (χ0n) is 23.7. The lowest BCUT2D eigenvalue weighted by Gasteiger charge is -2.36. The van der Waals surface area contributed by atoms with E-state index in [4.69, 9.17) is 4.74 Å². The molecule has 216 valence electrons. The van der Waals surface area contributed by atoms with Gasteiger partial charge >= 0.3 is 6.09 Å².